The minimum atomic E-state index is -3.09. The van der Waals surface area contributed by atoms with Crippen LogP contribution in [0.3, 0.4) is 0 Å². The summed E-state index contributed by atoms with van der Waals surface area (Å²) in [7, 11) is -1.42. The number of likely N-dealkylation sites (N-methyl/N-ethyl adjacent to an activating group) is 1. The number of unbranched alkanes of at least 4 members (excludes halogenated alkanes) is 1. The predicted molar refractivity (Wildman–Crippen MR) is 62.0 cm³/mol. The second-order valence-corrected chi connectivity index (χ2v) is 6.47. The summed E-state index contributed by atoms with van der Waals surface area (Å²) in [4.78, 5) is 0. The maximum Gasteiger partial charge on any atom is 0.214 e. The van der Waals surface area contributed by atoms with Gasteiger partial charge in [0.1, 0.15) is 0 Å². The Balaban J connectivity index is 2.59. The first kappa shape index (κ1) is 12.9. The fraction of sp³-hybridized carbons (Fsp3) is 1.00. The molecule has 1 rings (SSSR count). The smallest absolute Gasteiger partial charge is 0.214 e. The number of hydrogen-bond acceptors (Lipinski definition) is 3. The van der Waals surface area contributed by atoms with Crippen LogP contribution in [0.5, 0.6) is 0 Å². The molecule has 15 heavy (non-hydrogen) atoms. The van der Waals surface area contributed by atoms with E-state index in [-0.39, 0.29) is 11.8 Å². The summed E-state index contributed by atoms with van der Waals surface area (Å²) in [5, 5.41) is 0. The molecule has 1 fully saturated rings. The first-order chi connectivity index (χ1) is 7.03. The largest absolute Gasteiger partial charge is 0.329 e. The van der Waals surface area contributed by atoms with Gasteiger partial charge in [-0.25, -0.2) is 12.7 Å². The number of nitrogens with zero attached hydrogens (tertiary/aromatic N) is 1. The van der Waals surface area contributed by atoms with Crippen molar-refractivity contribution in [3.05, 3.63) is 0 Å². The van der Waals surface area contributed by atoms with Crippen molar-refractivity contribution in [1.82, 2.24) is 4.31 Å². The molecule has 0 saturated heterocycles. The summed E-state index contributed by atoms with van der Waals surface area (Å²) >= 11 is 0. The second kappa shape index (κ2) is 5.27. The van der Waals surface area contributed by atoms with Crippen LogP contribution >= 0.6 is 0 Å². The van der Waals surface area contributed by atoms with Crippen molar-refractivity contribution in [2.24, 2.45) is 11.7 Å². The maximum atomic E-state index is 11.9. The van der Waals surface area contributed by atoms with E-state index in [1.54, 1.807) is 7.05 Å². The minimum Gasteiger partial charge on any atom is -0.329 e. The third-order valence-electron chi connectivity index (χ3n) is 3.07. The van der Waals surface area contributed by atoms with Crippen molar-refractivity contribution >= 4 is 10.0 Å². The van der Waals surface area contributed by atoms with E-state index in [4.69, 9.17) is 5.73 Å². The fourth-order valence-electron chi connectivity index (χ4n) is 1.80. The molecule has 0 aliphatic heterocycles. The number of hydrogen-bond donors (Lipinski definition) is 1. The second-order valence-electron chi connectivity index (χ2n) is 4.33. The van der Waals surface area contributed by atoms with Crippen LogP contribution < -0.4 is 5.73 Å². The number of nitrogens with two attached hydrogens (primary N) is 1. The van der Waals surface area contributed by atoms with Gasteiger partial charge in [0, 0.05) is 19.6 Å². The Bertz CT molecular complexity index is 286. The van der Waals surface area contributed by atoms with Gasteiger partial charge in [0.05, 0.1) is 5.75 Å². The van der Waals surface area contributed by atoms with Gasteiger partial charge >= 0.3 is 0 Å². The zero-order chi connectivity index (χ0) is 11.5. The average Bonchev–Trinajstić information content (AvgIpc) is 3.00. The monoisotopic (exact) mass is 234 g/mol. The van der Waals surface area contributed by atoms with Gasteiger partial charge in [-0.3, -0.25) is 0 Å². The van der Waals surface area contributed by atoms with Crippen LogP contribution in [0.4, 0.5) is 0 Å². The van der Waals surface area contributed by atoms with E-state index >= 15 is 0 Å². The van der Waals surface area contributed by atoms with Crippen molar-refractivity contribution < 1.29 is 8.42 Å². The molecule has 1 atom stereocenters. The zero-order valence-electron chi connectivity index (χ0n) is 9.65. The third kappa shape index (κ3) is 3.43. The van der Waals surface area contributed by atoms with Crippen molar-refractivity contribution in [3.8, 4) is 0 Å². The standard InChI is InChI=1S/C10H22N2O2S/c1-3-4-7-15(13,14)12(2)10(8-11)9-5-6-9/h9-10H,3-8,11H2,1-2H3. The van der Waals surface area contributed by atoms with Crippen LogP contribution in [-0.2, 0) is 10.0 Å². The lowest BCUT2D eigenvalue weighted by atomic mass is 10.2. The first-order valence-electron chi connectivity index (χ1n) is 5.68. The molecule has 1 aliphatic rings. The van der Waals surface area contributed by atoms with Gasteiger partial charge in [-0.15, -0.1) is 0 Å². The lowest BCUT2D eigenvalue weighted by Crippen LogP contribution is -2.44. The Morgan fingerprint density at radius 3 is 2.47 bits per heavy atom. The van der Waals surface area contributed by atoms with Gasteiger partial charge in [-0.2, -0.15) is 0 Å². The topological polar surface area (TPSA) is 63.4 Å². The van der Waals surface area contributed by atoms with Gasteiger partial charge in [0.2, 0.25) is 10.0 Å². The first-order valence-corrected chi connectivity index (χ1v) is 7.29. The highest BCUT2D eigenvalue weighted by atomic mass is 32.2. The fourth-order valence-corrected chi connectivity index (χ4v) is 3.41. The van der Waals surface area contributed by atoms with Crippen LogP contribution in [0.15, 0.2) is 0 Å². The predicted octanol–water partition coefficient (Wildman–Crippen LogP) is 0.785. The zero-order valence-corrected chi connectivity index (χ0v) is 10.5. The molecule has 1 saturated carbocycles. The molecule has 0 radical (unpaired) electrons. The van der Waals surface area contributed by atoms with Crippen molar-refractivity contribution in [1.29, 1.82) is 0 Å². The van der Waals surface area contributed by atoms with E-state index in [9.17, 15) is 8.42 Å². The molecule has 2 N–H and O–H groups in total. The number of sulfonamides is 1. The van der Waals surface area contributed by atoms with Crippen molar-refractivity contribution in [2.75, 3.05) is 19.3 Å². The van der Waals surface area contributed by atoms with E-state index < -0.39 is 10.0 Å². The van der Waals surface area contributed by atoms with E-state index in [1.807, 2.05) is 6.92 Å². The van der Waals surface area contributed by atoms with Gasteiger partial charge in [-0.1, -0.05) is 13.3 Å². The summed E-state index contributed by atoms with van der Waals surface area (Å²) in [6.45, 7) is 2.43. The Hall–Kier alpha value is -0.130. The van der Waals surface area contributed by atoms with Crippen LogP contribution in [0, 0.1) is 5.92 Å². The van der Waals surface area contributed by atoms with Crippen LogP contribution in [-0.4, -0.2) is 38.1 Å². The molecule has 0 amide bonds. The average molecular weight is 234 g/mol. The third-order valence-corrected chi connectivity index (χ3v) is 5.02. The summed E-state index contributed by atoms with van der Waals surface area (Å²) in [6, 6.07) is 0.0202. The molecule has 4 nitrogen and oxygen atoms in total. The van der Waals surface area contributed by atoms with Crippen LogP contribution in [0.25, 0.3) is 0 Å². The van der Waals surface area contributed by atoms with E-state index in [0.717, 1.165) is 25.7 Å². The van der Waals surface area contributed by atoms with Gasteiger partial charge < -0.3 is 5.73 Å². The van der Waals surface area contributed by atoms with Gasteiger partial charge in [0.15, 0.2) is 0 Å². The molecular weight excluding hydrogens is 212 g/mol. The lowest BCUT2D eigenvalue weighted by molar-refractivity contribution is 0.340. The van der Waals surface area contributed by atoms with E-state index in [0.29, 0.717) is 12.5 Å². The van der Waals surface area contributed by atoms with Crippen molar-refractivity contribution in [2.45, 2.75) is 38.6 Å². The molecule has 90 valence electrons. The molecule has 0 heterocycles. The highest BCUT2D eigenvalue weighted by Crippen LogP contribution is 2.35. The molecule has 0 bridgehead atoms. The molecule has 1 aliphatic carbocycles. The normalized spacial score (nSPS) is 19.5. The summed E-state index contributed by atoms with van der Waals surface area (Å²) in [5.41, 5.74) is 5.63. The molecule has 1 unspecified atom stereocenters. The van der Waals surface area contributed by atoms with Crippen LogP contribution in [0.1, 0.15) is 32.6 Å². The molecule has 5 heteroatoms. The Morgan fingerprint density at radius 1 is 1.47 bits per heavy atom. The Kier molecular flexibility index (Phi) is 4.55. The highest BCUT2D eigenvalue weighted by molar-refractivity contribution is 7.89. The molecular formula is C10H22N2O2S. The highest BCUT2D eigenvalue weighted by Gasteiger charge is 2.37. The SMILES string of the molecule is CCCCS(=O)(=O)N(C)C(CN)C1CC1. The molecule has 0 aromatic carbocycles. The molecule has 0 aromatic rings. The van der Waals surface area contributed by atoms with E-state index in [2.05, 4.69) is 0 Å². The number of rotatable bonds is 7. The Morgan fingerprint density at radius 2 is 2.07 bits per heavy atom. The molecule has 0 aromatic heterocycles. The summed E-state index contributed by atoms with van der Waals surface area (Å²) in [5.74, 6) is 0.750. The Labute approximate surface area is 92.9 Å². The van der Waals surface area contributed by atoms with Crippen LogP contribution in [0.2, 0.25) is 0 Å². The summed E-state index contributed by atoms with van der Waals surface area (Å²) < 4.78 is 25.3. The van der Waals surface area contributed by atoms with E-state index in [1.165, 1.54) is 4.31 Å². The van der Waals surface area contributed by atoms with Gasteiger partial charge in [-0.05, 0) is 25.2 Å². The van der Waals surface area contributed by atoms with Gasteiger partial charge in [0.25, 0.3) is 0 Å². The quantitative estimate of drug-likeness (QED) is 0.708. The summed E-state index contributed by atoms with van der Waals surface area (Å²) in [6.07, 6.45) is 3.88. The minimum absolute atomic E-state index is 0.0202. The lowest BCUT2D eigenvalue weighted by Gasteiger charge is -2.26. The molecule has 0 spiro atoms. The maximum absolute atomic E-state index is 11.9. The van der Waals surface area contributed by atoms with Crippen molar-refractivity contribution in [3.63, 3.8) is 0 Å².